The molecule has 1 amide bonds. The van der Waals surface area contributed by atoms with Gasteiger partial charge in [0.2, 0.25) is 5.91 Å². The molecule has 1 saturated heterocycles. The second-order valence-corrected chi connectivity index (χ2v) is 13.0. The van der Waals surface area contributed by atoms with E-state index in [2.05, 4.69) is 29.2 Å². The van der Waals surface area contributed by atoms with Crippen LogP contribution in [0.15, 0.2) is 72.8 Å². The smallest absolute Gasteiger partial charge is 0.303 e. The van der Waals surface area contributed by atoms with Crippen molar-refractivity contribution in [3.63, 3.8) is 0 Å². The topological polar surface area (TPSA) is 79.3 Å². The molecule has 2 heterocycles. The molecule has 3 aromatic carbocycles. The van der Waals surface area contributed by atoms with Gasteiger partial charge in [-0.1, -0.05) is 66.2 Å². The van der Waals surface area contributed by atoms with Crippen LogP contribution >= 0.6 is 0 Å². The number of benzene rings is 3. The minimum atomic E-state index is -0.831. The first-order chi connectivity index (χ1) is 21.2. The van der Waals surface area contributed by atoms with Crippen molar-refractivity contribution in [3.05, 3.63) is 101 Å². The molecule has 2 bridgehead atoms. The molecule has 1 saturated carbocycles. The quantitative estimate of drug-likeness (QED) is 0.300. The van der Waals surface area contributed by atoms with Gasteiger partial charge < -0.3 is 19.5 Å². The van der Waals surface area contributed by atoms with Gasteiger partial charge in [-0.2, -0.15) is 0 Å². The van der Waals surface area contributed by atoms with Crippen molar-refractivity contribution in [1.82, 2.24) is 9.80 Å². The zero-order chi connectivity index (χ0) is 30.6. The lowest BCUT2D eigenvalue weighted by Crippen LogP contribution is -2.79. The Bertz CT molecular complexity index is 1640. The number of aromatic hydroxyl groups is 1. The molecular weight excluding hydrogens is 552 g/mol. The van der Waals surface area contributed by atoms with Gasteiger partial charge in [0.1, 0.15) is 11.7 Å². The second kappa shape index (κ2) is 10.8. The van der Waals surface area contributed by atoms with Crippen LogP contribution in [0.5, 0.6) is 11.5 Å². The first kappa shape index (κ1) is 28.7. The highest BCUT2D eigenvalue weighted by atomic mass is 16.6. The molecule has 4 aliphatic rings. The second-order valence-electron chi connectivity index (χ2n) is 13.0. The summed E-state index contributed by atoms with van der Waals surface area (Å²) < 4.78 is 13.3. The predicted octanol–water partition coefficient (Wildman–Crippen LogP) is 5.21. The number of carbonyl (C=O) groups excluding carboxylic acids is 2. The summed E-state index contributed by atoms with van der Waals surface area (Å²) in [5, 5.41) is 11.1. The third-order valence-corrected chi connectivity index (χ3v) is 10.7. The van der Waals surface area contributed by atoms with E-state index in [1.165, 1.54) is 12.5 Å². The van der Waals surface area contributed by atoms with Gasteiger partial charge in [0, 0.05) is 32.2 Å². The lowest BCUT2D eigenvalue weighted by molar-refractivity contribution is -0.223. The van der Waals surface area contributed by atoms with E-state index in [-0.39, 0.29) is 29.7 Å². The van der Waals surface area contributed by atoms with Crippen molar-refractivity contribution in [2.45, 2.75) is 75.2 Å². The summed E-state index contributed by atoms with van der Waals surface area (Å²) in [6.45, 7) is 5.19. The molecule has 1 spiro atoms. The predicted molar refractivity (Wildman–Crippen MR) is 169 cm³/mol. The molecule has 1 N–H and O–H groups in total. The number of rotatable bonds is 7. The highest BCUT2D eigenvalue weighted by Gasteiger charge is 2.75. The minimum absolute atomic E-state index is 0.0406. The number of piperidine rings is 1. The van der Waals surface area contributed by atoms with E-state index < -0.39 is 17.1 Å². The Kier molecular flexibility index (Phi) is 7.04. The number of likely N-dealkylation sites (tertiary alicyclic amines) is 1. The molecule has 5 atom stereocenters. The van der Waals surface area contributed by atoms with E-state index in [1.54, 1.807) is 17.0 Å². The molecule has 2 aliphatic heterocycles. The fourth-order valence-corrected chi connectivity index (χ4v) is 8.84. The summed E-state index contributed by atoms with van der Waals surface area (Å²) in [5.41, 5.74) is 3.99. The third kappa shape index (κ3) is 4.35. The monoisotopic (exact) mass is 592 g/mol. The number of amides is 1. The lowest BCUT2D eigenvalue weighted by Gasteiger charge is -2.65. The number of ether oxygens (including phenoxy) is 2. The van der Waals surface area contributed by atoms with Crippen molar-refractivity contribution < 1.29 is 24.2 Å². The van der Waals surface area contributed by atoms with Crippen molar-refractivity contribution in [2.24, 2.45) is 0 Å². The van der Waals surface area contributed by atoms with Crippen LogP contribution in [-0.4, -0.2) is 70.7 Å². The number of hydrogen-bond donors (Lipinski definition) is 1. The van der Waals surface area contributed by atoms with E-state index in [1.807, 2.05) is 56.4 Å². The number of phenolic OH excluding ortho intramolecular Hbond substituents is 1. The molecule has 228 valence electrons. The van der Waals surface area contributed by atoms with E-state index in [9.17, 15) is 14.7 Å². The Morgan fingerprint density at radius 3 is 2.70 bits per heavy atom. The molecule has 7 rings (SSSR count). The van der Waals surface area contributed by atoms with Gasteiger partial charge in [0.15, 0.2) is 11.5 Å². The molecule has 2 aliphatic carbocycles. The Morgan fingerprint density at radius 2 is 1.93 bits per heavy atom. The van der Waals surface area contributed by atoms with E-state index >= 15 is 0 Å². The molecule has 0 unspecified atom stereocenters. The maximum absolute atomic E-state index is 13.6. The van der Waals surface area contributed by atoms with Crippen LogP contribution in [0.1, 0.15) is 54.0 Å². The first-order valence-electron chi connectivity index (χ1n) is 15.7. The van der Waals surface area contributed by atoms with Gasteiger partial charge in [-0.15, -0.1) is 0 Å². The SMILES string of the molecule is CC(=O)O[C@@]12CC[C@H](N(C)C(=O)C=Cc3cccc(C)c3)[C@@H]3Oc4c(O)ccc5c4[C@@]31CCN(CCc1ccccc1)[C@@H]2C5. The Morgan fingerprint density at radius 1 is 1.11 bits per heavy atom. The molecule has 7 nitrogen and oxygen atoms in total. The average Bonchev–Trinajstić information content (AvgIpc) is 3.36. The van der Waals surface area contributed by atoms with Crippen molar-refractivity contribution in [1.29, 1.82) is 0 Å². The number of hydrogen-bond acceptors (Lipinski definition) is 6. The largest absolute Gasteiger partial charge is 0.504 e. The molecule has 0 aromatic heterocycles. The summed E-state index contributed by atoms with van der Waals surface area (Å²) in [7, 11) is 1.84. The maximum Gasteiger partial charge on any atom is 0.303 e. The van der Waals surface area contributed by atoms with Gasteiger partial charge in [0.25, 0.3) is 0 Å². The standard InChI is InChI=1S/C37H40N2O5/c1-24-8-7-11-27(22-24)12-15-32(42)38(3)29-16-18-37(44-25(2)40)31-23-28-13-14-30(41)34-33(28)36(37,35(29)43-34)19-21-39(31)20-17-26-9-5-4-6-10-26/h4-15,22,29,31,35,41H,16-21,23H2,1-3H3/t29-,31+,35-,36-,37+/m0/s1. The van der Waals surface area contributed by atoms with Crippen molar-refractivity contribution in [3.8, 4) is 11.5 Å². The molecule has 44 heavy (non-hydrogen) atoms. The normalized spacial score (nSPS) is 28.3. The van der Waals surface area contributed by atoms with Crippen LogP contribution in [0.25, 0.3) is 6.08 Å². The number of aryl methyl sites for hydroxylation is 1. The maximum atomic E-state index is 13.6. The molecule has 7 heteroatoms. The van der Waals surface area contributed by atoms with E-state index in [4.69, 9.17) is 9.47 Å². The molecule has 3 aromatic rings. The van der Waals surface area contributed by atoms with Crippen LogP contribution in [0.3, 0.4) is 0 Å². The average molecular weight is 593 g/mol. The third-order valence-electron chi connectivity index (χ3n) is 10.7. The number of phenols is 1. The van der Waals surface area contributed by atoms with Gasteiger partial charge in [-0.3, -0.25) is 14.5 Å². The minimum Gasteiger partial charge on any atom is -0.504 e. The van der Waals surface area contributed by atoms with Crippen LogP contribution in [-0.2, 0) is 32.6 Å². The zero-order valence-electron chi connectivity index (χ0n) is 25.7. The zero-order valence-corrected chi connectivity index (χ0v) is 25.7. The molecule has 2 fully saturated rings. The summed E-state index contributed by atoms with van der Waals surface area (Å²) in [6.07, 6.45) is 6.57. The number of likely N-dealkylation sites (N-methyl/N-ethyl adjacent to an activating group) is 1. The summed E-state index contributed by atoms with van der Waals surface area (Å²) in [4.78, 5) is 30.9. The fourth-order valence-electron chi connectivity index (χ4n) is 8.84. The fraction of sp³-hybridized carbons (Fsp3) is 0.405. The van der Waals surface area contributed by atoms with Crippen LogP contribution < -0.4 is 4.74 Å². The Labute approximate surface area is 259 Å². The van der Waals surface area contributed by atoms with Crippen molar-refractivity contribution in [2.75, 3.05) is 20.1 Å². The summed E-state index contributed by atoms with van der Waals surface area (Å²) in [5.74, 6) is 0.174. The summed E-state index contributed by atoms with van der Waals surface area (Å²) >= 11 is 0. The van der Waals surface area contributed by atoms with Crippen LogP contribution in [0.4, 0.5) is 0 Å². The summed E-state index contributed by atoms with van der Waals surface area (Å²) in [6, 6.07) is 22.0. The van der Waals surface area contributed by atoms with Gasteiger partial charge in [-0.25, -0.2) is 0 Å². The molecule has 0 radical (unpaired) electrons. The number of nitrogens with zero attached hydrogens (tertiary/aromatic N) is 2. The van der Waals surface area contributed by atoms with Gasteiger partial charge in [0.05, 0.1) is 17.5 Å². The first-order valence-corrected chi connectivity index (χ1v) is 15.7. The van der Waals surface area contributed by atoms with Crippen LogP contribution in [0, 0.1) is 6.92 Å². The van der Waals surface area contributed by atoms with Crippen LogP contribution in [0.2, 0.25) is 0 Å². The number of carbonyl (C=O) groups is 2. The Balaban J connectivity index is 1.27. The molecular formula is C37H40N2O5. The Hall–Kier alpha value is -4.10. The van der Waals surface area contributed by atoms with Crippen molar-refractivity contribution >= 4 is 18.0 Å². The highest BCUT2D eigenvalue weighted by molar-refractivity contribution is 5.92. The van der Waals surface area contributed by atoms with E-state index in [0.717, 1.165) is 41.8 Å². The van der Waals surface area contributed by atoms with Gasteiger partial charge >= 0.3 is 5.97 Å². The number of esters is 1. The lowest BCUT2D eigenvalue weighted by atomic mass is 9.48. The van der Waals surface area contributed by atoms with E-state index in [0.29, 0.717) is 31.4 Å². The van der Waals surface area contributed by atoms with Gasteiger partial charge in [-0.05, 0) is 74.4 Å². The highest BCUT2D eigenvalue weighted by Crippen LogP contribution is 2.67.